The highest BCUT2D eigenvalue weighted by Crippen LogP contribution is 2.24. The van der Waals surface area contributed by atoms with Crippen molar-refractivity contribution in [2.75, 3.05) is 5.32 Å². The van der Waals surface area contributed by atoms with E-state index in [0.29, 0.717) is 5.69 Å². The third-order valence-electron chi connectivity index (χ3n) is 3.09. The Bertz CT molecular complexity index is 757. The molecule has 1 N–H and O–H groups in total. The Labute approximate surface area is 121 Å². The second-order valence-electron chi connectivity index (χ2n) is 4.49. The first-order chi connectivity index (χ1) is 10.1. The van der Waals surface area contributed by atoms with Gasteiger partial charge in [0.2, 0.25) is 0 Å². The van der Waals surface area contributed by atoms with Crippen LogP contribution in [-0.2, 0) is 0 Å². The lowest BCUT2D eigenvalue weighted by Gasteiger charge is -2.17. The van der Waals surface area contributed by atoms with Gasteiger partial charge < -0.3 is 5.32 Å². The summed E-state index contributed by atoms with van der Waals surface area (Å²) in [6.45, 7) is 1.68. The zero-order valence-electron chi connectivity index (χ0n) is 11.2. The van der Waals surface area contributed by atoms with Crippen molar-refractivity contribution in [3.05, 3.63) is 64.7 Å². The van der Waals surface area contributed by atoms with E-state index in [2.05, 4.69) is 5.32 Å². The van der Waals surface area contributed by atoms with Crippen LogP contribution in [0.25, 0.3) is 0 Å². The lowest BCUT2D eigenvalue weighted by molar-refractivity contribution is 0.494. The van der Waals surface area contributed by atoms with E-state index in [-0.39, 0.29) is 16.7 Å². The highest BCUT2D eigenvalue weighted by molar-refractivity contribution is 5.57. The van der Waals surface area contributed by atoms with Crippen LogP contribution in [0.2, 0.25) is 0 Å². The fourth-order valence-corrected chi connectivity index (χ4v) is 2.01. The Hall–Kier alpha value is -2.92. The average Bonchev–Trinajstić information content (AvgIpc) is 2.49. The van der Waals surface area contributed by atoms with Gasteiger partial charge in [0, 0.05) is 11.3 Å². The number of rotatable bonds is 3. The molecule has 2 rings (SSSR count). The Morgan fingerprint density at radius 1 is 1.05 bits per heavy atom. The number of nitriles is 2. The number of nitrogens with zero attached hydrogens (tertiary/aromatic N) is 2. The molecule has 1 atom stereocenters. The normalized spacial score (nSPS) is 11.3. The van der Waals surface area contributed by atoms with Crippen LogP contribution < -0.4 is 5.32 Å². The van der Waals surface area contributed by atoms with Crippen molar-refractivity contribution in [2.24, 2.45) is 0 Å². The Morgan fingerprint density at radius 3 is 2.43 bits per heavy atom. The van der Waals surface area contributed by atoms with Gasteiger partial charge in [0.1, 0.15) is 12.1 Å². The van der Waals surface area contributed by atoms with Gasteiger partial charge in [-0.15, -0.1) is 0 Å². The number of nitrogens with one attached hydrogen (secondary N) is 1. The van der Waals surface area contributed by atoms with Crippen molar-refractivity contribution in [1.29, 1.82) is 10.5 Å². The maximum absolute atomic E-state index is 13.7. The number of halogens is 2. The highest BCUT2D eigenvalue weighted by Gasteiger charge is 2.14. The minimum absolute atomic E-state index is 0.192. The van der Waals surface area contributed by atoms with Crippen LogP contribution in [0.15, 0.2) is 36.4 Å². The van der Waals surface area contributed by atoms with Crippen molar-refractivity contribution in [2.45, 2.75) is 13.0 Å². The van der Waals surface area contributed by atoms with E-state index in [1.165, 1.54) is 24.3 Å². The van der Waals surface area contributed by atoms with Crippen LogP contribution in [-0.4, -0.2) is 0 Å². The molecule has 2 aromatic rings. The van der Waals surface area contributed by atoms with Crippen molar-refractivity contribution < 1.29 is 8.78 Å². The molecule has 0 radical (unpaired) electrons. The van der Waals surface area contributed by atoms with Gasteiger partial charge in [-0.05, 0) is 31.2 Å². The van der Waals surface area contributed by atoms with Crippen LogP contribution in [0.3, 0.4) is 0 Å². The molecule has 0 fully saturated rings. The molecule has 0 spiro atoms. The molecule has 0 amide bonds. The summed E-state index contributed by atoms with van der Waals surface area (Å²) < 4.78 is 26.9. The predicted molar refractivity (Wildman–Crippen MR) is 74.3 cm³/mol. The summed E-state index contributed by atoms with van der Waals surface area (Å²) in [5.41, 5.74) is 1.25. The Kier molecular flexibility index (Phi) is 4.15. The van der Waals surface area contributed by atoms with Gasteiger partial charge in [0.25, 0.3) is 0 Å². The van der Waals surface area contributed by atoms with Crippen LogP contribution in [0.4, 0.5) is 14.5 Å². The molecule has 21 heavy (non-hydrogen) atoms. The Balaban J connectivity index is 2.28. The van der Waals surface area contributed by atoms with E-state index >= 15 is 0 Å². The monoisotopic (exact) mass is 283 g/mol. The van der Waals surface area contributed by atoms with E-state index in [4.69, 9.17) is 10.5 Å². The molecule has 0 aliphatic rings. The van der Waals surface area contributed by atoms with Gasteiger partial charge in [-0.3, -0.25) is 0 Å². The second-order valence-corrected chi connectivity index (χ2v) is 4.49. The zero-order valence-corrected chi connectivity index (χ0v) is 11.2. The first kappa shape index (κ1) is 14.5. The summed E-state index contributed by atoms with van der Waals surface area (Å²) in [4.78, 5) is 0. The third-order valence-corrected chi connectivity index (χ3v) is 3.09. The molecule has 2 aromatic carbocycles. The van der Waals surface area contributed by atoms with Crippen LogP contribution in [0, 0.1) is 34.3 Å². The summed E-state index contributed by atoms with van der Waals surface area (Å²) in [7, 11) is 0. The van der Waals surface area contributed by atoms with Crippen molar-refractivity contribution in [3.8, 4) is 12.1 Å². The van der Waals surface area contributed by atoms with Crippen LogP contribution >= 0.6 is 0 Å². The summed E-state index contributed by atoms with van der Waals surface area (Å²) in [5, 5.41) is 20.8. The molecule has 5 heteroatoms. The smallest absolute Gasteiger partial charge is 0.164 e. The number of anilines is 1. The van der Waals surface area contributed by atoms with Gasteiger partial charge in [-0.25, -0.2) is 8.78 Å². The fraction of sp³-hybridized carbons (Fsp3) is 0.125. The quantitative estimate of drug-likeness (QED) is 0.929. The standard InChI is InChI=1S/C16H11F2N3/c1-10(14-3-2-4-15(17)16(14)18)21-13-6-5-11(8-19)12(7-13)9-20/h2-7,10,21H,1H3. The van der Waals surface area contributed by atoms with E-state index in [9.17, 15) is 8.78 Å². The number of hydrogen-bond acceptors (Lipinski definition) is 3. The number of hydrogen-bond donors (Lipinski definition) is 1. The zero-order chi connectivity index (χ0) is 15.4. The largest absolute Gasteiger partial charge is 0.378 e. The van der Waals surface area contributed by atoms with Gasteiger partial charge >= 0.3 is 0 Å². The molecule has 0 aliphatic heterocycles. The van der Waals surface area contributed by atoms with Crippen molar-refractivity contribution >= 4 is 5.69 Å². The predicted octanol–water partition coefficient (Wildman–Crippen LogP) is 3.88. The van der Waals surface area contributed by atoms with E-state index in [1.807, 2.05) is 12.1 Å². The molecule has 104 valence electrons. The van der Waals surface area contributed by atoms with Crippen LogP contribution in [0.1, 0.15) is 29.7 Å². The minimum atomic E-state index is -0.904. The molecule has 0 aliphatic carbocycles. The maximum atomic E-state index is 13.7. The Morgan fingerprint density at radius 2 is 1.76 bits per heavy atom. The number of benzene rings is 2. The van der Waals surface area contributed by atoms with E-state index in [0.717, 1.165) is 6.07 Å². The lowest BCUT2D eigenvalue weighted by atomic mass is 10.1. The first-order valence-electron chi connectivity index (χ1n) is 6.21. The van der Waals surface area contributed by atoms with Gasteiger partial charge in [-0.1, -0.05) is 12.1 Å². The topological polar surface area (TPSA) is 59.6 Å². The van der Waals surface area contributed by atoms with Gasteiger partial charge in [0.05, 0.1) is 17.2 Å². The molecule has 0 heterocycles. The maximum Gasteiger partial charge on any atom is 0.164 e. The van der Waals surface area contributed by atoms with E-state index < -0.39 is 17.7 Å². The second kappa shape index (κ2) is 6.02. The molecule has 0 bridgehead atoms. The summed E-state index contributed by atoms with van der Waals surface area (Å²) in [6, 6.07) is 12.0. The molecule has 0 aromatic heterocycles. The average molecular weight is 283 g/mol. The SMILES string of the molecule is CC(Nc1ccc(C#N)c(C#N)c1)c1cccc(F)c1F. The molecule has 0 saturated carbocycles. The third kappa shape index (κ3) is 2.98. The lowest BCUT2D eigenvalue weighted by Crippen LogP contribution is -2.09. The van der Waals surface area contributed by atoms with Crippen molar-refractivity contribution in [1.82, 2.24) is 0 Å². The molecule has 3 nitrogen and oxygen atoms in total. The first-order valence-corrected chi connectivity index (χ1v) is 6.21. The van der Waals surface area contributed by atoms with E-state index in [1.54, 1.807) is 13.0 Å². The molecular formula is C16H11F2N3. The van der Waals surface area contributed by atoms with Gasteiger partial charge in [0.15, 0.2) is 11.6 Å². The summed E-state index contributed by atoms with van der Waals surface area (Å²) >= 11 is 0. The summed E-state index contributed by atoms with van der Waals surface area (Å²) in [6.07, 6.45) is 0. The van der Waals surface area contributed by atoms with Crippen molar-refractivity contribution in [3.63, 3.8) is 0 Å². The molecular weight excluding hydrogens is 272 g/mol. The highest BCUT2D eigenvalue weighted by atomic mass is 19.2. The molecule has 0 saturated heterocycles. The molecule has 1 unspecified atom stereocenters. The fourth-order valence-electron chi connectivity index (χ4n) is 2.01. The van der Waals surface area contributed by atoms with Crippen LogP contribution in [0.5, 0.6) is 0 Å². The summed E-state index contributed by atoms with van der Waals surface area (Å²) in [5.74, 6) is -1.80. The van der Waals surface area contributed by atoms with Gasteiger partial charge in [-0.2, -0.15) is 10.5 Å². The minimum Gasteiger partial charge on any atom is -0.378 e.